The average molecular weight is 501 g/mol. The van der Waals surface area contributed by atoms with Crippen molar-refractivity contribution in [3.8, 4) is 11.8 Å². The van der Waals surface area contributed by atoms with Crippen molar-refractivity contribution in [2.24, 2.45) is 0 Å². The minimum absolute atomic E-state index is 0.0549. The lowest BCUT2D eigenvalue weighted by molar-refractivity contribution is -0.112. The lowest BCUT2D eigenvalue weighted by Crippen LogP contribution is -2.15. The highest BCUT2D eigenvalue weighted by atomic mass is 35.5. The molecule has 0 spiro atoms. The summed E-state index contributed by atoms with van der Waals surface area (Å²) < 4.78 is 30.7. The fourth-order valence-electron chi connectivity index (χ4n) is 2.97. The summed E-state index contributed by atoms with van der Waals surface area (Å²) in [4.78, 5) is 12.7. The average Bonchev–Trinajstić information content (AvgIpc) is 2.76. The van der Waals surface area contributed by atoms with Crippen molar-refractivity contribution in [3.63, 3.8) is 0 Å². The van der Waals surface area contributed by atoms with Gasteiger partial charge >= 0.3 is 10.1 Å². The zero-order chi connectivity index (χ0) is 24.2. The van der Waals surface area contributed by atoms with Crippen LogP contribution in [0.5, 0.6) is 5.75 Å². The van der Waals surface area contributed by atoms with E-state index in [1.54, 1.807) is 24.3 Å². The van der Waals surface area contributed by atoms with Crippen molar-refractivity contribution in [1.82, 2.24) is 0 Å². The first-order valence-corrected chi connectivity index (χ1v) is 11.8. The van der Waals surface area contributed by atoms with Crippen molar-refractivity contribution in [2.75, 3.05) is 5.32 Å². The van der Waals surface area contributed by atoms with Crippen molar-refractivity contribution in [2.45, 2.75) is 18.7 Å². The first-order chi connectivity index (χ1) is 15.6. The van der Waals surface area contributed by atoms with E-state index in [0.29, 0.717) is 5.69 Å². The Bertz CT molecular complexity index is 1400. The Morgan fingerprint density at radius 1 is 1.06 bits per heavy atom. The SMILES string of the molecule is Cc1ccc(NC(=O)/C(C#N)=C/c2cc(Cl)cc(Cl)c2OS(=O)(=O)c2ccccc2)c(C)c1. The van der Waals surface area contributed by atoms with Crippen molar-refractivity contribution >= 4 is 51.0 Å². The lowest BCUT2D eigenvalue weighted by atomic mass is 10.1. The molecular formula is C24H18Cl2N2O4S. The standard InChI is InChI=1S/C24H18Cl2N2O4S/c1-15-8-9-22(16(2)10-15)28-24(29)18(14-27)11-17-12-19(25)13-21(26)23(17)32-33(30,31)20-6-4-3-5-7-20/h3-13H,1-2H3,(H,28,29)/b18-11+. The van der Waals surface area contributed by atoms with Gasteiger partial charge in [0, 0.05) is 16.3 Å². The van der Waals surface area contributed by atoms with Gasteiger partial charge in [0.15, 0.2) is 5.75 Å². The Labute approximate surface area is 202 Å². The van der Waals surface area contributed by atoms with Crippen LogP contribution in [0.2, 0.25) is 10.0 Å². The molecule has 1 amide bonds. The van der Waals surface area contributed by atoms with Gasteiger partial charge < -0.3 is 9.50 Å². The van der Waals surface area contributed by atoms with Gasteiger partial charge in [-0.1, -0.05) is 59.1 Å². The molecule has 0 radical (unpaired) electrons. The number of nitrogens with zero attached hydrogens (tertiary/aromatic N) is 1. The summed E-state index contributed by atoms with van der Waals surface area (Å²) in [5, 5.41) is 12.3. The number of nitrogens with one attached hydrogen (secondary N) is 1. The van der Waals surface area contributed by atoms with E-state index in [1.807, 2.05) is 32.0 Å². The van der Waals surface area contributed by atoms with E-state index in [-0.39, 0.29) is 31.8 Å². The predicted molar refractivity (Wildman–Crippen MR) is 129 cm³/mol. The van der Waals surface area contributed by atoms with Gasteiger partial charge in [0.1, 0.15) is 16.5 Å². The van der Waals surface area contributed by atoms with Crippen LogP contribution in [0.15, 0.2) is 71.1 Å². The fraction of sp³-hybridized carbons (Fsp3) is 0.0833. The molecule has 0 bridgehead atoms. The van der Waals surface area contributed by atoms with Gasteiger partial charge in [-0.25, -0.2) is 0 Å². The molecule has 3 aromatic rings. The summed E-state index contributed by atoms with van der Waals surface area (Å²) in [5.41, 5.74) is 2.15. The van der Waals surface area contributed by atoms with Crippen molar-refractivity contribution in [1.29, 1.82) is 5.26 Å². The maximum atomic E-state index is 12.7. The highest BCUT2D eigenvalue weighted by Crippen LogP contribution is 2.36. The third-order valence-electron chi connectivity index (χ3n) is 4.56. The number of carbonyl (C=O) groups excluding carboxylic acids is 1. The molecule has 6 nitrogen and oxygen atoms in total. The molecule has 3 aromatic carbocycles. The first kappa shape index (κ1) is 24.3. The summed E-state index contributed by atoms with van der Waals surface area (Å²) in [6, 6.07) is 17.4. The molecule has 0 atom stereocenters. The second-order valence-electron chi connectivity index (χ2n) is 7.10. The van der Waals surface area contributed by atoms with Gasteiger partial charge in [-0.3, -0.25) is 4.79 Å². The molecule has 0 aromatic heterocycles. The van der Waals surface area contributed by atoms with Gasteiger partial charge in [-0.05, 0) is 55.8 Å². The van der Waals surface area contributed by atoms with Gasteiger partial charge in [0.25, 0.3) is 5.91 Å². The maximum absolute atomic E-state index is 12.7. The first-order valence-electron chi connectivity index (χ1n) is 9.59. The highest BCUT2D eigenvalue weighted by Gasteiger charge is 2.22. The smallest absolute Gasteiger partial charge is 0.339 e. The molecule has 0 aliphatic carbocycles. The number of hydrogen-bond donors (Lipinski definition) is 1. The van der Waals surface area contributed by atoms with Gasteiger partial charge in [0.05, 0.1) is 5.02 Å². The third kappa shape index (κ3) is 5.93. The number of nitriles is 1. The monoisotopic (exact) mass is 500 g/mol. The zero-order valence-electron chi connectivity index (χ0n) is 17.6. The predicted octanol–water partition coefficient (Wildman–Crippen LogP) is 5.92. The molecule has 0 saturated carbocycles. The van der Waals surface area contributed by atoms with E-state index in [0.717, 1.165) is 11.1 Å². The summed E-state index contributed by atoms with van der Waals surface area (Å²) >= 11 is 12.3. The van der Waals surface area contributed by atoms with Crippen LogP contribution in [0.3, 0.4) is 0 Å². The minimum Gasteiger partial charge on any atom is -0.377 e. The number of benzene rings is 3. The quantitative estimate of drug-likeness (QED) is 0.257. The zero-order valence-corrected chi connectivity index (χ0v) is 19.9. The Morgan fingerprint density at radius 2 is 1.76 bits per heavy atom. The van der Waals surface area contributed by atoms with Crippen LogP contribution in [0, 0.1) is 25.2 Å². The van der Waals surface area contributed by atoms with Crippen molar-refractivity contribution < 1.29 is 17.4 Å². The highest BCUT2D eigenvalue weighted by molar-refractivity contribution is 7.87. The van der Waals surface area contributed by atoms with Crippen molar-refractivity contribution in [3.05, 3.63) is 93.0 Å². The lowest BCUT2D eigenvalue weighted by Gasteiger charge is -2.13. The summed E-state index contributed by atoms with van der Waals surface area (Å²) in [6.45, 7) is 3.75. The largest absolute Gasteiger partial charge is 0.377 e. The van der Waals surface area contributed by atoms with Crippen LogP contribution >= 0.6 is 23.2 Å². The third-order valence-corrected chi connectivity index (χ3v) is 6.29. The Kier molecular flexibility index (Phi) is 7.44. The van der Waals surface area contributed by atoms with Gasteiger partial charge in [-0.15, -0.1) is 0 Å². The van der Waals surface area contributed by atoms with E-state index in [1.165, 1.54) is 30.3 Å². The second kappa shape index (κ2) is 10.1. The number of carbonyl (C=O) groups is 1. The summed E-state index contributed by atoms with van der Waals surface area (Å²) in [6.07, 6.45) is 1.17. The second-order valence-corrected chi connectivity index (χ2v) is 9.49. The maximum Gasteiger partial charge on any atom is 0.339 e. The van der Waals surface area contributed by atoms with E-state index in [4.69, 9.17) is 27.4 Å². The van der Waals surface area contributed by atoms with E-state index < -0.39 is 16.0 Å². The topological polar surface area (TPSA) is 96.3 Å². The molecule has 0 aliphatic rings. The molecule has 0 unspecified atom stereocenters. The van der Waals surface area contributed by atoms with Crippen LogP contribution in [0.25, 0.3) is 6.08 Å². The van der Waals surface area contributed by atoms with Crippen LogP contribution in [0.4, 0.5) is 5.69 Å². The molecule has 9 heteroatoms. The molecule has 0 aliphatic heterocycles. The van der Waals surface area contributed by atoms with E-state index in [9.17, 15) is 18.5 Å². The number of amides is 1. The number of anilines is 1. The van der Waals surface area contributed by atoms with Gasteiger partial charge in [-0.2, -0.15) is 13.7 Å². The van der Waals surface area contributed by atoms with Crippen LogP contribution in [-0.4, -0.2) is 14.3 Å². The Morgan fingerprint density at radius 3 is 2.39 bits per heavy atom. The Hall–Kier alpha value is -3.31. The normalized spacial score (nSPS) is 11.5. The van der Waals surface area contributed by atoms with Crippen LogP contribution in [-0.2, 0) is 14.9 Å². The van der Waals surface area contributed by atoms with E-state index >= 15 is 0 Å². The van der Waals surface area contributed by atoms with Crippen LogP contribution in [0.1, 0.15) is 16.7 Å². The van der Waals surface area contributed by atoms with Crippen LogP contribution < -0.4 is 9.50 Å². The molecule has 0 heterocycles. The minimum atomic E-state index is -4.23. The molecule has 3 rings (SSSR count). The number of hydrogen-bond acceptors (Lipinski definition) is 5. The molecule has 1 N–H and O–H groups in total. The number of rotatable bonds is 6. The summed E-state index contributed by atoms with van der Waals surface area (Å²) in [5.74, 6) is -0.936. The number of halogens is 2. The molecular weight excluding hydrogens is 483 g/mol. The van der Waals surface area contributed by atoms with Gasteiger partial charge in [0.2, 0.25) is 0 Å². The van der Waals surface area contributed by atoms with E-state index in [2.05, 4.69) is 5.32 Å². The molecule has 0 fully saturated rings. The summed E-state index contributed by atoms with van der Waals surface area (Å²) in [7, 11) is -4.23. The molecule has 0 saturated heterocycles. The molecule has 168 valence electrons. The molecule has 33 heavy (non-hydrogen) atoms. The Balaban J connectivity index is 2.00. The number of aryl methyl sites for hydroxylation is 2. The fourth-order valence-corrected chi connectivity index (χ4v) is 4.55.